The van der Waals surface area contributed by atoms with Crippen LogP contribution in [-0.4, -0.2) is 24.7 Å². The lowest BCUT2D eigenvalue weighted by Gasteiger charge is -2.10. The minimum absolute atomic E-state index is 0.0405. The number of nitrogens with one attached hydrogen (secondary N) is 1. The van der Waals surface area contributed by atoms with Crippen LogP contribution in [0, 0.1) is 17.8 Å². The van der Waals surface area contributed by atoms with Crippen LogP contribution >= 0.6 is 0 Å². The van der Waals surface area contributed by atoms with E-state index in [1.165, 1.54) is 0 Å². The van der Waals surface area contributed by atoms with Gasteiger partial charge in [0, 0.05) is 17.9 Å². The van der Waals surface area contributed by atoms with Gasteiger partial charge in [-0.25, -0.2) is 0 Å². The number of aliphatic hydroxyl groups is 1. The number of rotatable bonds is 4. The topological polar surface area (TPSA) is 58.6 Å². The quantitative estimate of drug-likeness (QED) is 0.810. The Kier molecular flexibility index (Phi) is 4.43. The zero-order valence-electron chi connectivity index (χ0n) is 10.9. The van der Waals surface area contributed by atoms with Gasteiger partial charge in [-0.05, 0) is 31.0 Å². The summed E-state index contributed by atoms with van der Waals surface area (Å²) >= 11 is 0. The van der Waals surface area contributed by atoms with Crippen molar-refractivity contribution in [1.82, 2.24) is 0 Å². The van der Waals surface area contributed by atoms with Crippen molar-refractivity contribution in [2.45, 2.75) is 19.3 Å². The fourth-order valence-electron chi connectivity index (χ4n) is 1.68. The van der Waals surface area contributed by atoms with E-state index in [1.54, 1.807) is 19.2 Å². The molecule has 0 atom stereocenters. The Morgan fingerprint density at radius 3 is 2.95 bits per heavy atom. The third-order valence-corrected chi connectivity index (χ3v) is 2.88. The van der Waals surface area contributed by atoms with Gasteiger partial charge in [0.25, 0.3) is 0 Å². The molecule has 0 spiro atoms. The first-order chi connectivity index (χ1) is 9.24. The molecule has 2 rings (SSSR count). The molecule has 0 aromatic heterocycles. The number of benzene rings is 1. The Morgan fingerprint density at radius 1 is 1.53 bits per heavy atom. The number of amides is 1. The summed E-state index contributed by atoms with van der Waals surface area (Å²) in [5.41, 5.74) is 1.44. The molecule has 0 heterocycles. The molecule has 4 nitrogen and oxygen atoms in total. The molecule has 1 saturated carbocycles. The molecule has 0 unspecified atom stereocenters. The second-order valence-corrected chi connectivity index (χ2v) is 4.45. The van der Waals surface area contributed by atoms with Gasteiger partial charge in [-0.15, -0.1) is 0 Å². The van der Waals surface area contributed by atoms with E-state index in [9.17, 15) is 4.79 Å². The highest BCUT2D eigenvalue weighted by atomic mass is 16.5. The highest BCUT2D eigenvalue weighted by molar-refractivity contribution is 5.95. The molecule has 1 aromatic carbocycles. The number of carbonyl (C=O) groups is 1. The first-order valence-electron chi connectivity index (χ1n) is 6.33. The molecule has 4 heteroatoms. The van der Waals surface area contributed by atoms with Gasteiger partial charge in [-0.2, -0.15) is 0 Å². The Morgan fingerprint density at radius 2 is 2.32 bits per heavy atom. The smallest absolute Gasteiger partial charge is 0.227 e. The van der Waals surface area contributed by atoms with Crippen LogP contribution in [0.2, 0.25) is 0 Å². The van der Waals surface area contributed by atoms with E-state index in [0.29, 0.717) is 17.9 Å². The normalized spacial score (nSPS) is 13.4. The third-order valence-electron chi connectivity index (χ3n) is 2.88. The van der Waals surface area contributed by atoms with Gasteiger partial charge in [0.05, 0.1) is 19.4 Å². The van der Waals surface area contributed by atoms with Gasteiger partial charge in [0.15, 0.2) is 0 Å². The molecular formula is C15H17NO3. The molecule has 0 saturated heterocycles. The standard InChI is InChI=1S/C15H17NO3/c1-19-14-8-5-11(4-2-3-9-17)10-13(14)16-15(18)12-6-7-12/h5,8,10,12,17H,3,6-7,9H2,1H3,(H,16,18). The van der Waals surface area contributed by atoms with Gasteiger partial charge < -0.3 is 15.2 Å². The number of anilines is 1. The maximum atomic E-state index is 11.8. The molecule has 0 bridgehead atoms. The van der Waals surface area contributed by atoms with Crippen molar-refractivity contribution in [3.05, 3.63) is 23.8 Å². The fraction of sp³-hybridized carbons (Fsp3) is 0.400. The number of hydrogen-bond donors (Lipinski definition) is 2. The van der Waals surface area contributed by atoms with Crippen LogP contribution in [0.3, 0.4) is 0 Å². The zero-order valence-corrected chi connectivity index (χ0v) is 10.9. The van der Waals surface area contributed by atoms with Gasteiger partial charge in [0.1, 0.15) is 5.75 Å². The van der Waals surface area contributed by atoms with Gasteiger partial charge in [0.2, 0.25) is 5.91 Å². The molecule has 1 aliphatic carbocycles. The second-order valence-electron chi connectivity index (χ2n) is 4.45. The summed E-state index contributed by atoms with van der Waals surface area (Å²) in [7, 11) is 1.57. The van der Waals surface area contributed by atoms with Crippen LogP contribution in [-0.2, 0) is 4.79 Å². The minimum atomic E-state index is 0.0405. The van der Waals surface area contributed by atoms with Crippen LogP contribution < -0.4 is 10.1 Å². The monoisotopic (exact) mass is 259 g/mol. The zero-order chi connectivity index (χ0) is 13.7. The summed E-state index contributed by atoms with van der Waals surface area (Å²) in [6, 6.07) is 5.41. The van der Waals surface area contributed by atoms with Crippen molar-refractivity contribution in [3.8, 4) is 17.6 Å². The predicted octanol–water partition coefficient (Wildman–Crippen LogP) is 1.78. The van der Waals surface area contributed by atoms with Crippen molar-refractivity contribution >= 4 is 11.6 Å². The lowest BCUT2D eigenvalue weighted by atomic mass is 10.1. The summed E-state index contributed by atoms with van der Waals surface area (Å²) in [5, 5.41) is 11.6. The van der Waals surface area contributed by atoms with E-state index in [2.05, 4.69) is 17.2 Å². The maximum absolute atomic E-state index is 11.8. The molecule has 1 amide bonds. The lowest BCUT2D eigenvalue weighted by molar-refractivity contribution is -0.117. The SMILES string of the molecule is COc1ccc(C#CCCO)cc1NC(=O)C1CC1. The van der Waals surface area contributed by atoms with Gasteiger partial charge >= 0.3 is 0 Å². The molecule has 0 radical (unpaired) electrons. The number of ether oxygens (including phenoxy) is 1. The molecule has 2 N–H and O–H groups in total. The molecule has 100 valence electrons. The molecule has 0 aliphatic heterocycles. The van der Waals surface area contributed by atoms with Crippen LogP contribution in [0.4, 0.5) is 5.69 Å². The number of methoxy groups -OCH3 is 1. The van der Waals surface area contributed by atoms with Crippen molar-refractivity contribution in [3.63, 3.8) is 0 Å². The first kappa shape index (κ1) is 13.4. The minimum Gasteiger partial charge on any atom is -0.495 e. The number of carbonyl (C=O) groups excluding carboxylic acids is 1. The maximum Gasteiger partial charge on any atom is 0.227 e. The third kappa shape index (κ3) is 3.73. The van der Waals surface area contributed by atoms with Crippen molar-refractivity contribution in [2.75, 3.05) is 19.0 Å². The molecular weight excluding hydrogens is 242 g/mol. The van der Waals surface area contributed by atoms with E-state index in [1.807, 2.05) is 6.07 Å². The van der Waals surface area contributed by atoms with Crippen LogP contribution in [0.25, 0.3) is 0 Å². The Balaban J connectivity index is 2.16. The Labute approximate surface area is 112 Å². The number of aliphatic hydroxyl groups excluding tert-OH is 1. The summed E-state index contributed by atoms with van der Waals surface area (Å²) in [5.74, 6) is 6.60. The Bertz CT molecular complexity index is 524. The van der Waals surface area contributed by atoms with E-state index in [-0.39, 0.29) is 18.4 Å². The molecule has 1 aliphatic rings. The number of hydrogen-bond acceptors (Lipinski definition) is 3. The van der Waals surface area contributed by atoms with Crippen LogP contribution in [0.5, 0.6) is 5.75 Å². The van der Waals surface area contributed by atoms with Crippen molar-refractivity contribution in [1.29, 1.82) is 0 Å². The highest BCUT2D eigenvalue weighted by Gasteiger charge is 2.30. The predicted molar refractivity (Wildman–Crippen MR) is 72.9 cm³/mol. The largest absolute Gasteiger partial charge is 0.495 e. The van der Waals surface area contributed by atoms with E-state index in [4.69, 9.17) is 9.84 Å². The van der Waals surface area contributed by atoms with E-state index in [0.717, 1.165) is 18.4 Å². The molecule has 19 heavy (non-hydrogen) atoms. The summed E-state index contributed by atoms with van der Waals surface area (Å²) in [6.07, 6.45) is 2.37. The highest BCUT2D eigenvalue weighted by Crippen LogP contribution is 2.32. The lowest BCUT2D eigenvalue weighted by Crippen LogP contribution is -2.14. The van der Waals surface area contributed by atoms with Crippen molar-refractivity contribution < 1.29 is 14.6 Å². The van der Waals surface area contributed by atoms with Crippen molar-refractivity contribution in [2.24, 2.45) is 5.92 Å². The Hall–Kier alpha value is -1.99. The molecule has 1 aromatic rings. The summed E-state index contributed by atoms with van der Waals surface area (Å²) in [4.78, 5) is 11.8. The summed E-state index contributed by atoms with van der Waals surface area (Å²) < 4.78 is 5.22. The summed E-state index contributed by atoms with van der Waals surface area (Å²) in [6.45, 7) is 0.0500. The van der Waals surface area contributed by atoms with Gasteiger partial charge in [-0.1, -0.05) is 11.8 Å². The molecule has 1 fully saturated rings. The van der Waals surface area contributed by atoms with Crippen LogP contribution in [0.15, 0.2) is 18.2 Å². The van der Waals surface area contributed by atoms with Gasteiger partial charge in [-0.3, -0.25) is 4.79 Å². The fourth-order valence-corrected chi connectivity index (χ4v) is 1.68. The van der Waals surface area contributed by atoms with E-state index >= 15 is 0 Å². The first-order valence-corrected chi connectivity index (χ1v) is 6.33. The average Bonchev–Trinajstić information content (AvgIpc) is 3.24. The average molecular weight is 259 g/mol. The van der Waals surface area contributed by atoms with E-state index < -0.39 is 0 Å². The van der Waals surface area contributed by atoms with Crippen LogP contribution in [0.1, 0.15) is 24.8 Å². The second kappa shape index (κ2) is 6.26.